The number of benzene rings is 1. The minimum atomic E-state index is -1.58. The van der Waals surface area contributed by atoms with Crippen molar-refractivity contribution in [3.63, 3.8) is 0 Å². The molecule has 1 aromatic carbocycles. The molecule has 1 rings (SSSR count). The first kappa shape index (κ1) is 31.7. The summed E-state index contributed by atoms with van der Waals surface area (Å²) in [6.45, 7) is 21.9. The van der Waals surface area contributed by atoms with Gasteiger partial charge in [-0.05, 0) is 18.2 Å². The molecule has 0 N–H and O–H groups in total. The molecule has 0 aliphatic rings. The molecule has 0 radical (unpaired) electrons. The first-order chi connectivity index (χ1) is 16.8. The molecule has 35 heavy (non-hydrogen) atoms. The lowest BCUT2D eigenvalue weighted by Crippen LogP contribution is -2.38. The highest BCUT2D eigenvalue weighted by atomic mass is 28.3. The summed E-state index contributed by atoms with van der Waals surface area (Å²) in [4.78, 5) is 0. The van der Waals surface area contributed by atoms with Crippen molar-refractivity contribution >= 4 is 24.2 Å². The lowest BCUT2D eigenvalue weighted by molar-refractivity contribution is 1.17. The second kappa shape index (κ2) is 15.7. The maximum absolute atomic E-state index is 3.50. The molecule has 0 bridgehead atoms. The van der Waals surface area contributed by atoms with E-state index in [1.807, 2.05) is 0 Å². The summed E-state index contributed by atoms with van der Waals surface area (Å²) >= 11 is 0. The van der Waals surface area contributed by atoms with Crippen molar-refractivity contribution in [2.24, 2.45) is 0 Å². The smallest absolute Gasteiger partial charge is 0.0867 e. The molecule has 0 aromatic heterocycles. The predicted molar refractivity (Wildman–Crippen MR) is 170 cm³/mol. The van der Waals surface area contributed by atoms with Gasteiger partial charge < -0.3 is 0 Å². The van der Waals surface area contributed by atoms with Crippen molar-refractivity contribution in [3.05, 3.63) is 70.2 Å². The topological polar surface area (TPSA) is 0 Å². The summed E-state index contributed by atoms with van der Waals surface area (Å²) in [7, 11) is -4.44. The second-order valence-electron chi connectivity index (χ2n) is 10.3. The first-order valence-electron chi connectivity index (χ1n) is 14.5. The molecule has 0 spiro atoms. The van der Waals surface area contributed by atoms with E-state index in [0.717, 1.165) is 5.56 Å². The van der Waals surface area contributed by atoms with E-state index in [1.54, 1.807) is 10.4 Å². The summed E-state index contributed by atoms with van der Waals surface area (Å²) in [5, 5.41) is 3.30. The number of hydrogen-bond acceptors (Lipinski definition) is 0. The van der Waals surface area contributed by atoms with E-state index in [4.69, 9.17) is 0 Å². The Morgan fingerprint density at radius 1 is 0.629 bits per heavy atom. The SMILES string of the molecule is CC[Si](/C=C/C(=C/C(=C/C#Cc1ccccc1)[Si](CC)(CC)CC)[Si](CC)(CC)CC)(CC)CC. The Balaban J connectivity index is 3.84. The van der Waals surface area contributed by atoms with E-state index in [1.165, 1.54) is 54.4 Å². The summed E-state index contributed by atoms with van der Waals surface area (Å²) in [5.74, 6) is 6.93. The van der Waals surface area contributed by atoms with E-state index in [2.05, 4.69) is 128 Å². The van der Waals surface area contributed by atoms with Crippen molar-refractivity contribution in [1.29, 1.82) is 0 Å². The number of rotatable bonds is 14. The fraction of sp³-hybridized carbons (Fsp3) is 0.562. The van der Waals surface area contributed by atoms with Gasteiger partial charge in [0.25, 0.3) is 0 Å². The third-order valence-corrected chi connectivity index (χ3v) is 25.8. The van der Waals surface area contributed by atoms with Crippen LogP contribution in [0.3, 0.4) is 0 Å². The molecule has 0 saturated heterocycles. The molecule has 0 atom stereocenters. The third kappa shape index (κ3) is 8.07. The number of hydrogen-bond donors (Lipinski definition) is 0. The van der Waals surface area contributed by atoms with Gasteiger partial charge in [0.05, 0.1) is 24.2 Å². The van der Waals surface area contributed by atoms with Crippen LogP contribution in [-0.2, 0) is 0 Å². The lowest BCUT2D eigenvalue weighted by Gasteiger charge is -2.34. The normalized spacial score (nSPS) is 13.7. The third-order valence-electron chi connectivity index (χ3n) is 9.54. The van der Waals surface area contributed by atoms with Gasteiger partial charge in [-0.2, -0.15) is 0 Å². The summed E-state index contributed by atoms with van der Waals surface area (Å²) < 4.78 is 0. The van der Waals surface area contributed by atoms with Crippen LogP contribution >= 0.6 is 0 Å². The fourth-order valence-corrected chi connectivity index (χ4v) is 15.9. The maximum Gasteiger partial charge on any atom is 0.0867 e. The van der Waals surface area contributed by atoms with Crippen LogP contribution in [0.25, 0.3) is 0 Å². The monoisotopic (exact) mass is 522 g/mol. The molecule has 3 heteroatoms. The van der Waals surface area contributed by atoms with Gasteiger partial charge >= 0.3 is 0 Å². The zero-order chi connectivity index (χ0) is 26.4. The maximum atomic E-state index is 3.50. The highest BCUT2D eigenvalue weighted by Gasteiger charge is 2.35. The minimum absolute atomic E-state index is 1.10. The molecular formula is C32H54Si3. The van der Waals surface area contributed by atoms with Crippen LogP contribution in [0.2, 0.25) is 54.4 Å². The van der Waals surface area contributed by atoms with Gasteiger partial charge in [-0.1, -0.05) is 175 Å². The average Bonchev–Trinajstić information content (AvgIpc) is 2.92. The van der Waals surface area contributed by atoms with Crippen molar-refractivity contribution in [1.82, 2.24) is 0 Å². The lowest BCUT2D eigenvalue weighted by atomic mass is 10.2. The largest absolute Gasteiger partial charge is 0.0943 e. The molecule has 0 aliphatic heterocycles. The zero-order valence-corrected chi connectivity index (χ0v) is 27.6. The Labute approximate surface area is 222 Å². The fourth-order valence-electron chi connectivity index (χ4n) is 5.71. The Bertz CT molecular complexity index is 859. The quantitative estimate of drug-likeness (QED) is 0.129. The molecule has 0 aliphatic carbocycles. The van der Waals surface area contributed by atoms with Crippen molar-refractivity contribution in [3.8, 4) is 11.8 Å². The number of allylic oxidation sites excluding steroid dienone is 5. The molecule has 194 valence electrons. The molecule has 1 aromatic rings. The molecule has 0 fully saturated rings. The van der Waals surface area contributed by atoms with Crippen LogP contribution in [0, 0.1) is 11.8 Å². The van der Waals surface area contributed by atoms with E-state index in [9.17, 15) is 0 Å². The Hall–Kier alpha value is -1.35. The van der Waals surface area contributed by atoms with Gasteiger partial charge in [0.15, 0.2) is 0 Å². The predicted octanol–water partition coefficient (Wildman–Crippen LogP) is 10.6. The van der Waals surface area contributed by atoms with Crippen molar-refractivity contribution in [2.45, 2.75) is 117 Å². The highest BCUT2D eigenvalue weighted by Crippen LogP contribution is 2.36. The van der Waals surface area contributed by atoms with E-state index < -0.39 is 24.2 Å². The van der Waals surface area contributed by atoms with Crippen LogP contribution in [0.4, 0.5) is 0 Å². The van der Waals surface area contributed by atoms with Gasteiger partial charge in [-0.15, -0.1) is 0 Å². The van der Waals surface area contributed by atoms with Gasteiger partial charge in [0, 0.05) is 5.56 Å². The van der Waals surface area contributed by atoms with Gasteiger partial charge in [-0.25, -0.2) is 0 Å². The van der Waals surface area contributed by atoms with Crippen LogP contribution in [0.15, 0.2) is 64.7 Å². The van der Waals surface area contributed by atoms with Gasteiger partial charge in [-0.3, -0.25) is 0 Å². The van der Waals surface area contributed by atoms with E-state index in [0.29, 0.717) is 0 Å². The second-order valence-corrected chi connectivity index (χ2v) is 26.0. The molecule has 0 heterocycles. The Kier molecular flexibility index (Phi) is 14.2. The van der Waals surface area contributed by atoms with Gasteiger partial charge in [0.1, 0.15) is 0 Å². The van der Waals surface area contributed by atoms with Crippen LogP contribution in [-0.4, -0.2) is 24.2 Å². The van der Waals surface area contributed by atoms with Crippen molar-refractivity contribution < 1.29 is 0 Å². The van der Waals surface area contributed by atoms with Crippen LogP contribution in [0.1, 0.15) is 67.9 Å². The Morgan fingerprint density at radius 3 is 1.51 bits per heavy atom. The highest BCUT2D eigenvalue weighted by molar-refractivity contribution is 6.90. The Morgan fingerprint density at radius 2 is 1.09 bits per heavy atom. The molecule has 0 nitrogen and oxygen atoms in total. The summed E-state index contributed by atoms with van der Waals surface area (Å²) in [6.07, 6.45) is 7.68. The molecule has 0 unspecified atom stereocenters. The van der Waals surface area contributed by atoms with Gasteiger partial charge in [0.2, 0.25) is 0 Å². The summed E-state index contributed by atoms with van der Waals surface area (Å²) in [5.41, 5.74) is 3.84. The van der Waals surface area contributed by atoms with Crippen LogP contribution in [0.5, 0.6) is 0 Å². The first-order valence-corrected chi connectivity index (χ1v) is 22.5. The molecule has 0 saturated carbocycles. The van der Waals surface area contributed by atoms with E-state index >= 15 is 0 Å². The average molecular weight is 523 g/mol. The zero-order valence-electron chi connectivity index (χ0n) is 24.6. The minimum Gasteiger partial charge on any atom is -0.0943 e. The van der Waals surface area contributed by atoms with Crippen molar-refractivity contribution in [2.75, 3.05) is 0 Å². The summed E-state index contributed by atoms with van der Waals surface area (Å²) in [6, 6.07) is 22.4. The molecular weight excluding hydrogens is 469 g/mol. The van der Waals surface area contributed by atoms with Crippen LogP contribution < -0.4 is 0 Å². The molecule has 0 amide bonds. The standard InChI is InChI=1S/C32H54Si3/c1-10-33(11-2,12-3)28-27-32(35(16-7,17-8)18-9)29-31(34(13-4,14-5)15-6)26-22-25-30-23-20-19-21-24-30/h19-21,23-24,26-29H,10-18H2,1-9H3/b28-27+,31-26-,32-29-. The van der Waals surface area contributed by atoms with E-state index in [-0.39, 0.29) is 0 Å².